The minimum Gasteiger partial charge on any atom is -0.469 e. The Balaban J connectivity index is 1.80. The number of esters is 1. The molecule has 4 aliphatic rings. The zero-order valence-electron chi connectivity index (χ0n) is 17.0. The highest BCUT2D eigenvalue weighted by atomic mass is 79.9. The van der Waals surface area contributed by atoms with Gasteiger partial charge in [-0.1, -0.05) is 35.0 Å². The number of carbonyl (C=O) groups excluding carboxylic acids is 1. The van der Waals surface area contributed by atoms with Crippen LogP contribution in [-0.4, -0.2) is 49.7 Å². The summed E-state index contributed by atoms with van der Waals surface area (Å²) in [4.78, 5) is 18.3. The maximum absolute atomic E-state index is 13.1. The van der Waals surface area contributed by atoms with Crippen LogP contribution in [-0.2, 0) is 14.9 Å². The van der Waals surface area contributed by atoms with E-state index in [2.05, 4.69) is 69.9 Å². The molecule has 0 unspecified atom stereocenters. The molecule has 5 atom stereocenters. The van der Waals surface area contributed by atoms with Gasteiger partial charge in [0.15, 0.2) is 0 Å². The van der Waals surface area contributed by atoms with Crippen molar-refractivity contribution < 1.29 is 9.53 Å². The van der Waals surface area contributed by atoms with Crippen LogP contribution in [0.15, 0.2) is 34.8 Å². The maximum atomic E-state index is 13.1. The number of hydrogen-bond donors (Lipinski definition) is 0. The predicted octanol–water partition coefficient (Wildman–Crippen LogP) is 4.13. The number of nitrogens with zero attached hydrogens (tertiary/aromatic N) is 2. The molecule has 1 saturated carbocycles. The number of likely N-dealkylation sites (N-methyl/N-ethyl adjacent to an activating group) is 1. The zero-order chi connectivity index (χ0) is 19.7. The fourth-order valence-corrected chi connectivity index (χ4v) is 7.64. The summed E-state index contributed by atoms with van der Waals surface area (Å²) in [5.74, 6) is -0.145. The van der Waals surface area contributed by atoms with Crippen molar-refractivity contribution in [2.45, 2.75) is 50.6 Å². The van der Waals surface area contributed by atoms with Crippen molar-refractivity contribution in [1.82, 2.24) is 4.90 Å². The lowest BCUT2D eigenvalue weighted by Gasteiger charge is -2.58. The number of halogens is 1. The van der Waals surface area contributed by atoms with Gasteiger partial charge in [0.1, 0.15) is 0 Å². The molecule has 0 N–H and O–H groups in total. The van der Waals surface area contributed by atoms with Gasteiger partial charge in [-0.15, -0.1) is 0 Å². The van der Waals surface area contributed by atoms with Crippen molar-refractivity contribution in [3.05, 3.63) is 40.4 Å². The molecule has 1 spiro atoms. The van der Waals surface area contributed by atoms with Crippen LogP contribution in [0.4, 0.5) is 5.69 Å². The van der Waals surface area contributed by atoms with Crippen LogP contribution >= 0.6 is 15.9 Å². The molecule has 5 rings (SSSR count). The van der Waals surface area contributed by atoms with E-state index in [9.17, 15) is 4.79 Å². The van der Waals surface area contributed by atoms with Gasteiger partial charge in [0.05, 0.1) is 19.1 Å². The van der Waals surface area contributed by atoms with Gasteiger partial charge in [-0.3, -0.25) is 9.69 Å². The van der Waals surface area contributed by atoms with Crippen LogP contribution < -0.4 is 4.90 Å². The van der Waals surface area contributed by atoms with Crippen LogP contribution in [0.5, 0.6) is 0 Å². The first-order valence-electron chi connectivity index (χ1n) is 10.6. The van der Waals surface area contributed by atoms with Crippen LogP contribution in [0, 0.1) is 11.3 Å². The quantitative estimate of drug-likeness (QED) is 0.518. The molecule has 3 aliphatic heterocycles. The molecule has 5 heteroatoms. The SMILES string of the molecule is CCN1c2ccc(Br)cc2[C@@]23CCN4CC=C[C@@](CC)(C[C@H](C(=O)OC)[C@H]12)[C@H]43. The van der Waals surface area contributed by atoms with E-state index in [1.165, 1.54) is 11.3 Å². The zero-order valence-corrected chi connectivity index (χ0v) is 18.5. The third-order valence-electron chi connectivity index (χ3n) is 8.12. The molecule has 1 aliphatic carbocycles. The highest BCUT2D eigenvalue weighted by Crippen LogP contribution is 2.66. The number of methoxy groups -OCH3 is 1. The largest absolute Gasteiger partial charge is 0.469 e. The Labute approximate surface area is 176 Å². The number of anilines is 1. The molecule has 0 amide bonds. The lowest BCUT2D eigenvalue weighted by molar-refractivity contribution is -0.151. The summed E-state index contributed by atoms with van der Waals surface area (Å²) in [6.45, 7) is 7.55. The van der Waals surface area contributed by atoms with Crippen molar-refractivity contribution in [2.24, 2.45) is 11.3 Å². The van der Waals surface area contributed by atoms with Crippen LogP contribution in [0.1, 0.15) is 38.7 Å². The van der Waals surface area contributed by atoms with E-state index in [0.717, 1.165) is 43.4 Å². The first-order valence-corrected chi connectivity index (χ1v) is 11.4. The van der Waals surface area contributed by atoms with E-state index in [1.54, 1.807) is 7.11 Å². The number of rotatable bonds is 3. The van der Waals surface area contributed by atoms with Crippen molar-refractivity contribution in [2.75, 3.05) is 31.6 Å². The highest BCUT2D eigenvalue weighted by Gasteiger charge is 2.70. The van der Waals surface area contributed by atoms with Gasteiger partial charge in [-0.25, -0.2) is 0 Å². The molecule has 1 aromatic carbocycles. The van der Waals surface area contributed by atoms with Gasteiger partial charge >= 0.3 is 5.97 Å². The molecule has 1 saturated heterocycles. The number of hydrogen-bond acceptors (Lipinski definition) is 4. The highest BCUT2D eigenvalue weighted by molar-refractivity contribution is 9.10. The minimum absolute atomic E-state index is 0.0208. The normalized spacial score (nSPS) is 38.1. The van der Waals surface area contributed by atoms with E-state index in [1.807, 2.05) is 0 Å². The Kier molecular flexibility index (Phi) is 4.23. The van der Waals surface area contributed by atoms with Crippen molar-refractivity contribution in [1.29, 1.82) is 0 Å². The van der Waals surface area contributed by atoms with Crippen molar-refractivity contribution in [3.8, 4) is 0 Å². The smallest absolute Gasteiger partial charge is 0.310 e. The molecule has 4 nitrogen and oxygen atoms in total. The summed E-state index contributed by atoms with van der Waals surface area (Å²) < 4.78 is 6.50. The summed E-state index contributed by atoms with van der Waals surface area (Å²) in [5, 5.41) is 0. The summed E-state index contributed by atoms with van der Waals surface area (Å²) in [7, 11) is 1.55. The van der Waals surface area contributed by atoms with Crippen LogP contribution in [0.3, 0.4) is 0 Å². The molecule has 150 valence electrons. The van der Waals surface area contributed by atoms with Crippen molar-refractivity contribution >= 4 is 27.6 Å². The van der Waals surface area contributed by atoms with Gasteiger partial charge in [-0.2, -0.15) is 0 Å². The van der Waals surface area contributed by atoms with E-state index in [4.69, 9.17) is 4.74 Å². The summed E-state index contributed by atoms with van der Waals surface area (Å²) >= 11 is 3.73. The molecule has 3 heterocycles. The van der Waals surface area contributed by atoms with Crippen LogP contribution in [0.25, 0.3) is 0 Å². The molecular formula is C23H29BrN2O2. The molecule has 28 heavy (non-hydrogen) atoms. The molecule has 0 aromatic heterocycles. The Bertz CT molecular complexity index is 855. The third kappa shape index (κ3) is 2.12. The van der Waals surface area contributed by atoms with Gasteiger partial charge in [-0.05, 0) is 56.5 Å². The fraction of sp³-hybridized carbons (Fsp3) is 0.609. The second-order valence-electron chi connectivity index (χ2n) is 8.90. The molecule has 0 bridgehead atoms. The Hall–Kier alpha value is -1.33. The fourth-order valence-electron chi connectivity index (χ4n) is 7.28. The maximum Gasteiger partial charge on any atom is 0.310 e. The minimum atomic E-state index is -0.102. The molecular weight excluding hydrogens is 416 g/mol. The lowest BCUT2D eigenvalue weighted by atomic mass is 9.50. The number of benzene rings is 1. The van der Waals surface area contributed by atoms with E-state index in [-0.39, 0.29) is 28.8 Å². The third-order valence-corrected chi connectivity index (χ3v) is 8.61. The Morgan fingerprint density at radius 2 is 2.18 bits per heavy atom. The summed E-state index contributed by atoms with van der Waals surface area (Å²) in [5.41, 5.74) is 2.76. The number of fused-ring (bicyclic) bond motifs is 1. The number of ether oxygens (including phenoxy) is 1. The topological polar surface area (TPSA) is 32.8 Å². The molecule has 1 aromatic rings. The standard InChI is InChI=1S/C23H29BrN2O2/c1-4-22-9-6-11-25-12-10-23(21(22)25)17-13-15(24)7-8-18(17)26(5-2)19(23)16(14-22)20(27)28-3/h6-9,13,16,19,21H,4-5,10-12,14H2,1-3H3/t16-,19-,21-,22-,23-/m0/s1. The Morgan fingerprint density at radius 3 is 2.89 bits per heavy atom. The monoisotopic (exact) mass is 444 g/mol. The van der Waals surface area contributed by atoms with Gasteiger partial charge < -0.3 is 9.64 Å². The lowest BCUT2D eigenvalue weighted by Crippen LogP contribution is -2.67. The van der Waals surface area contributed by atoms with Gasteiger partial charge in [0.2, 0.25) is 0 Å². The second-order valence-corrected chi connectivity index (χ2v) is 9.82. The summed E-state index contributed by atoms with van der Waals surface area (Å²) in [6, 6.07) is 7.35. The first kappa shape index (κ1) is 18.7. The Morgan fingerprint density at radius 1 is 1.36 bits per heavy atom. The average molecular weight is 445 g/mol. The second kappa shape index (κ2) is 6.33. The van der Waals surface area contributed by atoms with Crippen molar-refractivity contribution in [3.63, 3.8) is 0 Å². The van der Waals surface area contributed by atoms with E-state index >= 15 is 0 Å². The molecule has 2 fully saturated rings. The van der Waals surface area contributed by atoms with E-state index in [0.29, 0.717) is 6.04 Å². The van der Waals surface area contributed by atoms with Gasteiger partial charge in [0, 0.05) is 40.1 Å². The first-order chi connectivity index (χ1) is 13.5. The summed E-state index contributed by atoms with van der Waals surface area (Å²) in [6.07, 6.45) is 7.83. The molecule has 0 radical (unpaired) electrons. The number of carbonyl (C=O) groups is 1. The van der Waals surface area contributed by atoms with Gasteiger partial charge in [0.25, 0.3) is 0 Å². The average Bonchev–Trinajstić information content (AvgIpc) is 3.24. The van der Waals surface area contributed by atoms with Crippen LogP contribution in [0.2, 0.25) is 0 Å². The predicted molar refractivity (Wildman–Crippen MR) is 115 cm³/mol. The van der Waals surface area contributed by atoms with E-state index < -0.39 is 0 Å².